The van der Waals surface area contributed by atoms with Gasteiger partial charge in [-0.15, -0.1) is 0 Å². The Hall–Kier alpha value is -2.16. The van der Waals surface area contributed by atoms with E-state index in [1.54, 1.807) is 0 Å². The van der Waals surface area contributed by atoms with Gasteiger partial charge in [-0.05, 0) is 36.8 Å². The van der Waals surface area contributed by atoms with E-state index in [-0.39, 0.29) is 19.4 Å². The highest BCUT2D eigenvalue weighted by atomic mass is 32.2. The van der Waals surface area contributed by atoms with Crippen LogP contribution in [-0.4, -0.2) is 15.0 Å². The Balaban J connectivity index is 2.28. The van der Waals surface area contributed by atoms with Crippen molar-refractivity contribution in [1.82, 2.24) is 0 Å². The van der Waals surface area contributed by atoms with E-state index in [1.807, 2.05) is 0 Å². The van der Waals surface area contributed by atoms with E-state index in [0.717, 1.165) is 30.3 Å². The van der Waals surface area contributed by atoms with Gasteiger partial charge in [0.2, 0.25) is 0 Å². The molecule has 0 bridgehead atoms. The third-order valence-electron chi connectivity index (χ3n) is 4.82. The van der Waals surface area contributed by atoms with Gasteiger partial charge in [0.1, 0.15) is 10.6 Å². The van der Waals surface area contributed by atoms with Crippen LogP contribution in [-0.2, 0) is 20.8 Å². The summed E-state index contributed by atoms with van der Waals surface area (Å²) in [7, 11) is -4.50. The SMILES string of the molecule is CCC1(S(=O)(=O)c2cccc(C(F)(F)F)c2)CCOc2c(F)ccc(F)c21. The minimum atomic E-state index is -4.74. The standard InChI is InChI=1S/C18H15F5O3S/c1-2-17(8-9-26-16-14(20)7-6-13(19)15(16)17)27(24,25)12-5-3-4-11(10-12)18(21,22)23/h3-7,10H,2,8-9H2,1H3. The van der Waals surface area contributed by atoms with E-state index in [9.17, 15) is 30.4 Å². The van der Waals surface area contributed by atoms with Crippen molar-refractivity contribution in [3.63, 3.8) is 0 Å². The quantitative estimate of drug-likeness (QED) is 0.685. The van der Waals surface area contributed by atoms with Gasteiger partial charge in [0.05, 0.1) is 22.6 Å². The lowest BCUT2D eigenvalue weighted by Crippen LogP contribution is -2.41. The van der Waals surface area contributed by atoms with Gasteiger partial charge in [0.15, 0.2) is 21.4 Å². The van der Waals surface area contributed by atoms with E-state index >= 15 is 0 Å². The van der Waals surface area contributed by atoms with Crippen LogP contribution >= 0.6 is 0 Å². The summed E-state index contributed by atoms with van der Waals surface area (Å²) in [6.45, 7) is 1.25. The second kappa shape index (κ2) is 6.47. The van der Waals surface area contributed by atoms with E-state index < -0.39 is 54.2 Å². The summed E-state index contributed by atoms with van der Waals surface area (Å²) in [5, 5.41) is 0. The van der Waals surface area contributed by atoms with Crippen LogP contribution in [0.5, 0.6) is 5.75 Å². The molecule has 27 heavy (non-hydrogen) atoms. The Labute approximate surface area is 152 Å². The zero-order valence-corrected chi connectivity index (χ0v) is 14.9. The minimum Gasteiger partial charge on any atom is -0.490 e. The molecular formula is C18H15F5O3S. The number of benzene rings is 2. The van der Waals surface area contributed by atoms with Crippen LogP contribution < -0.4 is 4.74 Å². The Morgan fingerprint density at radius 3 is 2.41 bits per heavy atom. The van der Waals surface area contributed by atoms with Gasteiger partial charge < -0.3 is 4.74 Å². The van der Waals surface area contributed by atoms with Crippen molar-refractivity contribution in [2.45, 2.75) is 35.6 Å². The fourth-order valence-electron chi connectivity index (χ4n) is 3.42. The van der Waals surface area contributed by atoms with Gasteiger partial charge in [-0.1, -0.05) is 13.0 Å². The van der Waals surface area contributed by atoms with Gasteiger partial charge in [-0.2, -0.15) is 13.2 Å². The molecule has 146 valence electrons. The summed E-state index contributed by atoms with van der Waals surface area (Å²) in [5.74, 6) is -2.43. The molecule has 3 rings (SSSR count). The van der Waals surface area contributed by atoms with Crippen molar-refractivity contribution in [3.05, 3.63) is 59.2 Å². The topological polar surface area (TPSA) is 43.4 Å². The Morgan fingerprint density at radius 1 is 1.11 bits per heavy atom. The Bertz CT molecular complexity index is 985. The molecule has 0 spiro atoms. The molecule has 2 aromatic carbocycles. The number of ether oxygens (including phenoxy) is 1. The average molecular weight is 406 g/mol. The van der Waals surface area contributed by atoms with E-state index in [1.165, 1.54) is 6.92 Å². The highest BCUT2D eigenvalue weighted by molar-refractivity contribution is 7.92. The largest absolute Gasteiger partial charge is 0.490 e. The number of hydrogen-bond donors (Lipinski definition) is 0. The molecule has 0 fully saturated rings. The molecule has 2 aromatic rings. The normalized spacial score (nSPS) is 20.1. The molecule has 3 nitrogen and oxygen atoms in total. The van der Waals surface area contributed by atoms with Crippen LogP contribution in [0.4, 0.5) is 22.0 Å². The first kappa shape index (κ1) is 19.6. The Morgan fingerprint density at radius 2 is 1.78 bits per heavy atom. The third kappa shape index (κ3) is 2.97. The number of halogens is 5. The van der Waals surface area contributed by atoms with Crippen LogP contribution in [0.1, 0.15) is 30.9 Å². The lowest BCUT2D eigenvalue weighted by atomic mass is 9.89. The molecule has 1 atom stereocenters. The summed E-state index contributed by atoms with van der Waals surface area (Å²) >= 11 is 0. The molecule has 1 unspecified atom stereocenters. The molecule has 1 aliphatic heterocycles. The maximum absolute atomic E-state index is 14.6. The molecule has 1 aliphatic rings. The molecule has 0 amide bonds. The summed E-state index contributed by atoms with van der Waals surface area (Å²) in [6, 6.07) is 4.86. The number of alkyl halides is 3. The second-order valence-electron chi connectivity index (χ2n) is 6.21. The number of hydrogen-bond acceptors (Lipinski definition) is 3. The highest BCUT2D eigenvalue weighted by Crippen LogP contribution is 2.50. The van der Waals surface area contributed by atoms with Crippen molar-refractivity contribution >= 4 is 9.84 Å². The second-order valence-corrected chi connectivity index (χ2v) is 8.47. The van der Waals surface area contributed by atoms with Crippen molar-refractivity contribution in [2.24, 2.45) is 0 Å². The summed E-state index contributed by atoms with van der Waals surface area (Å²) in [5.41, 5.74) is -1.62. The van der Waals surface area contributed by atoms with E-state index in [0.29, 0.717) is 6.07 Å². The zero-order chi connectivity index (χ0) is 20.0. The fraction of sp³-hybridized carbons (Fsp3) is 0.333. The van der Waals surface area contributed by atoms with Crippen LogP contribution in [0, 0.1) is 11.6 Å². The molecule has 0 N–H and O–H groups in total. The number of sulfone groups is 1. The van der Waals surface area contributed by atoms with Gasteiger partial charge >= 0.3 is 6.18 Å². The maximum Gasteiger partial charge on any atom is 0.416 e. The predicted octanol–water partition coefficient (Wildman–Crippen LogP) is 4.85. The lowest BCUT2D eigenvalue weighted by Gasteiger charge is -2.38. The first-order valence-corrected chi connectivity index (χ1v) is 9.56. The minimum absolute atomic E-state index is 0.164. The molecule has 0 aliphatic carbocycles. The predicted molar refractivity (Wildman–Crippen MR) is 87.1 cm³/mol. The van der Waals surface area contributed by atoms with Gasteiger partial charge in [0.25, 0.3) is 0 Å². The zero-order valence-electron chi connectivity index (χ0n) is 14.1. The highest BCUT2D eigenvalue weighted by Gasteiger charge is 2.51. The molecule has 0 aromatic heterocycles. The average Bonchev–Trinajstić information content (AvgIpc) is 2.63. The fourth-order valence-corrected chi connectivity index (χ4v) is 5.60. The molecule has 0 saturated heterocycles. The first-order chi connectivity index (χ1) is 12.5. The van der Waals surface area contributed by atoms with Crippen LogP contribution in [0.15, 0.2) is 41.3 Å². The molecule has 9 heteroatoms. The van der Waals surface area contributed by atoms with Crippen molar-refractivity contribution in [2.75, 3.05) is 6.61 Å². The third-order valence-corrected chi connectivity index (χ3v) is 7.42. The monoisotopic (exact) mass is 406 g/mol. The molecule has 1 heterocycles. The van der Waals surface area contributed by atoms with Gasteiger partial charge in [0, 0.05) is 6.42 Å². The van der Waals surface area contributed by atoms with Gasteiger partial charge in [-0.25, -0.2) is 17.2 Å². The maximum atomic E-state index is 14.6. The summed E-state index contributed by atoms with van der Waals surface area (Å²) in [4.78, 5) is -0.601. The molecular weight excluding hydrogens is 391 g/mol. The van der Waals surface area contributed by atoms with Crippen LogP contribution in [0.2, 0.25) is 0 Å². The number of fused-ring (bicyclic) bond motifs is 1. The van der Waals surface area contributed by atoms with Crippen molar-refractivity contribution in [1.29, 1.82) is 0 Å². The summed E-state index contributed by atoms with van der Waals surface area (Å²) in [6.07, 6.45) is -5.12. The summed E-state index contributed by atoms with van der Waals surface area (Å²) < 4.78 is 97.6. The van der Waals surface area contributed by atoms with E-state index in [2.05, 4.69) is 0 Å². The van der Waals surface area contributed by atoms with Crippen molar-refractivity contribution < 1.29 is 35.1 Å². The smallest absolute Gasteiger partial charge is 0.416 e. The van der Waals surface area contributed by atoms with Crippen molar-refractivity contribution in [3.8, 4) is 5.75 Å². The number of rotatable bonds is 3. The van der Waals surface area contributed by atoms with E-state index in [4.69, 9.17) is 4.74 Å². The lowest BCUT2D eigenvalue weighted by molar-refractivity contribution is -0.137. The first-order valence-electron chi connectivity index (χ1n) is 8.08. The Kier molecular flexibility index (Phi) is 4.70. The molecule has 0 radical (unpaired) electrons. The molecule has 0 saturated carbocycles. The van der Waals surface area contributed by atoms with Crippen LogP contribution in [0.3, 0.4) is 0 Å². The van der Waals surface area contributed by atoms with Crippen LogP contribution in [0.25, 0.3) is 0 Å². The van der Waals surface area contributed by atoms with Gasteiger partial charge in [-0.3, -0.25) is 0 Å².